The predicted octanol–water partition coefficient (Wildman–Crippen LogP) is 2.01. The first-order chi connectivity index (χ1) is 6.84. The Morgan fingerprint density at radius 1 is 1.64 bits per heavy atom. The van der Waals surface area contributed by atoms with Crippen molar-refractivity contribution in [2.24, 2.45) is 7.05 Å². The monoisotopic (exact) mass is 210 g/mol. The summed E-state index contributed by atoms with van der Waals surface area (Å²) in [6, 6.07) is 2.18. The first-order valence-corrected chi connectivity index (χ1v) is 6.32. The van der Waals surface area contributed by atoms with Gasteiger partial charge in [-0.25, -0.2) is 0 Å². The Morgan fingerprint density at radius 2 is 2.57 bits per heavy atom. The summed E-state index contributed by atoms with van der Waals surface area (Å²) in [5.41, 5.74) is 1.38. The van der Waals surface area contributed by atoms with Gasteiger partial charge >= 0.3 is 0 Å². The molecule has 14 heavy (non-hydrogen) atoms. The fraction of sp³-hybridized carbons (Fsp3) is 0.636. The fourth-order valence-corrected chi connectivity index (χ4v) is 3.08. The predicted molar refractivity (Wildman–Crippen MR) is 62.6 cm³/mol. The molecule has 1 fully saturated rings. The van der Waals surface area contributed by atoms with E-state index in [4.69, 9.17) is 0 Å². The number of thioether (sulfide) groups is 1. The van der Waals surface area contributed by atoms with Crippen molar-refractivity contribution in [3.05, 3.63) is 24.0 Å². The van der Waals surface area contributed by atoms with Gasteiger partial charge in [-0.05, 0) is 30.2 Å². The van der Waals surface area contributed by atoms with Gasteiger partial charge in [0.2, 0.25) is 0 Å². The Bertz CT molecular complexity index is 277. The minimum Gasteiger partial charge on any atom is -0.357 e. The molecule has 1 N–H and O–H groups in total. The molecule has 0 aliphatic carbocycles. The molecule has 0 aromatic carbocycles. The second kappa shape index (κ2) is 4.89. The van der Waals surface area contributed by atoms with Crippen LogP contribution in [0.15, 0.2) is 18.5 Å². The van der Waals surface area contributed by atoms with E-state index in [0.29, 0.717) is 0 Å². The van der Waals surface area contributed by atoms with E-state index in [2.05, 4.69) is 47.2 Å². The smallest absolute Gasteiger partial charge is 0.0220 e. The van der Waals surface area contributed by atoms with E-state index in [1.54, 1.807) is 0 Å². The summed E-state index contributed by atoms with van der Waals surface area (Å²) in [6.45, 7) is 2.18. The minimum absolute atomic E-state index is 0.860. The highest BCUT2D eigenvalue weighted by atomic mass is 32.2. The van der Waals surface area contributed by atoms with Crippen molar-refractivity contribution in [1.29, 1.82) is 0 Å². The summed E-state index contributed by atoms with van der Waals surface area (Å²) in [5, 5.41) is 4.38. The molecule has 1 saturated heterocycles. The maximum absolute atomic E-state index is 3.52. The van der Waals surface area contributed by atoms with Crippen molar-refractivity contribution >= 4 is 11.8 Å². The summed E-state index contributed by atoms with van der Waals surface area (Å²) in [5.74, 6) is 1.36. The van der Waals surface area contributed by atoms with Crippen molar-refractivity contribution < 1.29 is 0 Å². The van der Waals surface area contributed by atoms with Crippen molar-refractivity contribution in [1.82, 2.24) is 9.88 Å². The normalized spacial score (nSPS) is 21.6. The van der Waals surface area contributed by atoms with Crippen LogP contribution in [0.4, 0.5) is 0 Å². The molecule has 0 bridgehead atoms. The van der Waals surface area contributed by atoms with Crippen LogP contribution in [0, 0.1) is 0 Å². The fourth-order valence-electron chi connectivity index (χ4n) is 1.85. The van der Waals surface area contributed by atoms with Gasteiger partial charge in [-0.1, -0.05) is 0 Å². The molecule has 1 aliphatic rings. The highest BCUT2D eigenvalue weighted by Gasteiger charge is 2.14. The van der Waals surface area contributed by atoms with E-state index in [1.807, 2.05) is 0 Å². The zero-order valence-electron chi connectivity index (χ0n) is 8.70. The molecule has 1 aromatic rings. The van der Waals surface area contributed by atoms with E-state index < -0.39 is 0 Å². The molecule has 2 nitrogen and oxygen atoms in total. The van der Waals surface area contributed by atoms with E-state index in [-0.39, 0.29) is 0 Å². The number of aryl methyl sites for hydroxylation is 1. The lowest BCUT2D eigenvalue weighted by Gasteiger charge is -2.08. The SMILES string of the molecule is Cn1ccc(CNCC2CCCS2)c1. The molecule has 1 unspecified atom stereocenters. The average Bonchev–Trinajstić information content (AvgIpc) is 2.77. The number of nitrogens with zero attached hydrogens (tertiary/aromatic N) is 1. The molecule has 0 radical (unpaired) electrons. The highest BCUT2D eigenvalue weighted by Crippen LogP contribution is 2.25. The summed E-state index contributed by atoms with van der Waals surface area (Å²) in [7, 11) is 2.07. The Labute approximate surface area is 90.1 Å². The third kappa shape index (κ3) is 2.79. The summed E-state index contributed by atoms with van der Waals surface area (Å²) in [6.07, 6.45) is 7.07. The molecule has 3 heteroatoms. The Kier molecular flexibility index (Phi) is 3.54. The van der Waals surface area contributed by atoms with Crippen molar-refractivity contribution in [3.8, 4) is 0 Å². The van der Waals surface area contributed by atoms with Gasteiger partial charge in [0, 0.05) is 37.8 Å². The van der Waals surface area contributed by atoms with E-state index >= 15 is 0 Å². The second-order valence-electron chi connectivity index (χ2n) is 3.95. The molecule has 2 rings (SSSR count). The summed E-state index contributed by atoms with van der Waals surface area (Å²) >= 11 is 2.12. The zero-order valence-corrected chi connectivity index (χ0v) is 9.52. The largest absolute Gasteiger partial charge is 0.357 e. The van der Waals surface area contributed by atoms with Gasteiger partial charge < -0.3 is 9.88 Å². The van der Waals surface area contributed by atoms with Crippen LogP contribution in [-0.2, 0) is 13.6 Å². The van der Waals surface area contributed by atoms with Crippen LogP contribution in [0.25, 0.3) is 0 Å². The molecule has 1 atom stereocenters. The molecule has 2 heterocycles. The molecule has 1 aliphatic heterocycles. The lowest BCUT2D eigenvalue weighted by molar-refractivity contribution is 0.645. The van der Waals surface area contributed by atoms with E-state index in [1.165, 1.54) is 30.7 Å². The van der Waals surface area contributed by atoms with Gasteiger partial charge in [-0.3, -0.25) is 0 Å². The zero-order chi connectivity index (χ0) is 9.80. The van der Waals surface area contributed by atoms with Gasteiger partial charge in [-0.15, -0.1) is 0 Å². The number of hydrogen-bond donors (Lipinski definition) is 1. The quantitative estimate of drug-likeness (QED) is 0.819. The third-order valence-electron chi connectivity index (χ3n) is 2.62. The van der Waals surface area contributed by atoms with Crippen LogP contribution in [-0.4, -0.2) is 22.1 Å². The van der Waals surface area contributed by atoms with Crippen LogP contribution in [0.5, 0.6) is 0 Å². The van der Waals surface area contributed by atoms with Crippen LogP contribution >= 0.6 is 11.8 Å². The molecular formula is C11H18N2S. The van der Waals surface area contributed by atoms with Crippen molar-refractivity contribution in [2.75, 3.05) is 12.3 Å². The van der Waals surface area contributed by atoms with Gasteiger partial charge in [0.25, 0.3) is 0 Å². The number of rotatable bonds is 4. The van der Waals surface area contributed by atoms with Gasteiger partial charge in [0.05, 0.1) is 0 Å². The van der Waals surface area contributed by atoms with E-state index in [0.717, 1.165) is 11.8 Å². The Hall–Kier alpha value is -0.410. The van der Waals surface area contributed by atoms with Crippen LogP contribution < -0.4 is 5.32 Å². The van der Waals surface area contributed by atoms with Gasteiger partial charge in [0.1, 0.15) is 0 Å². The highest BCUT2D eigenvalue weighted by molar-refractivity contribution is 8.00. The van der Waals surface area contributed by atoms with Gasteiger partial charge in [0.15, 0.2) is 0 Å². The number of aromatic nitrogens is 1. The molecule has 0 saturated carbocycles. The molecule has 0 amide bonds. The topological polar surface area (TPSA) is 17.0 Å². The standard InChI is InChI=1S/C11H18N2S/c1-13-5-4-10(9-13)7-12-8-11-3-2-6-14-11/h4-5,9,11-12H,2-3,6-8H2,1H3. The molecule has 0 spiro atoms. The molecular weight excluding hydrogens is 192 g/mol. The van der Waals surface area contributed by atoms with Gasteiger partial charge in [-0.2, -0.15) is 11.8 Å². The van der Waals surface area contributed by atoms with Crippen LogP contribution in [0.3, 0.4) is 0 Å². The van der Waals surface area contributed by atoms with E-state index in [9.17, 15) is 0 Å². The molecule has 1 aromatic heterocycles. The van der Waals surface area contributed by atoms with Crippen molar-refractivity contribution in [2.45, 2.75) is 24.6 Å². The first-order valence-electron chi connectivity index (χ1n) is 5.28. The lowest BCUT2D eigenvalue weighted by Crippen LogP contribution is -2.22. The third-order valence-corrected chi connectivity index (χ3v) is 4.02. The average molecular weight is 210 g/mol. The summed E-state index contributed by atoms with van der Waals surface area (Å²) < 4.78 is 2.10. The van der Waals surface area contributed by atoms with Crippen LogP contribution in [0.1, 0.15) is 18.4 Å². The second-order valence-corrected chi connectivity index (χ2v) is 5.36. The Morgan fingerprint density at radius 3 is 3.21 bits per heavy atom. The maximum Gasteiger partial charge on any atom is 0.0220 e. The van der Waals surface area contributed by atoms with Crippen molar-refractivity contribution in [3.63, 3.8) is 0 Å². The minimum atomic E-state index is 0.860. The number of hydrogen-bond acceptors (Lipinski definition) is 2. The Balaban J connectivity index is 1.67. The summed E-state index contributed by atoms with van der Waals surface area (Å²) in [4.78, 5) is 0. The molecule has 78 valence electrons. The first kappa shape index (κ1) is 10.1. The van der Waals surface area contributed by atoms with Crippen LogP contribution in [0.2, 0.25) is 0 Å². The lowest BCUT2D eigenvalue weighted by atomic mass is 10.2. The number of nitrogens with one attached hydrogen (secondary N) is 1. The maximum atomic E-state index is 3.52.